The van der Waals surface area contributed by atoms with Crippen LogP contribution in [0.3, 0.4) is 0 Å². The summed E-state index contributed by atoms with van der Waals surface area (Å²) in [5.41, 5.74) is 4.35. The van der Waals surface area contributed by atoms with Crippen molar-refractivity contribution in [3.8, 4) is 11.1 Å². The van der Waals surface area contributed by atoms with E-state index in [1.165, 1.54) is 28.2 Å². The Morgan fingerprint density at radius 3 is 2.68 bits per heavy atom. The van der Waals surface area contributed by atoms with Gasteiger partial charge in [0.15, 0.2) is 5.16 Å². The van der Waals surface area contributed by atoms with E-state index in [-0.39, 0.29) is 23.8 Å². The molecule has 0 radical (unpaired) electrons. The molecule has 10 heteroatoms. The van der Waals surface area contributed by atoms with Crippen molar-refractivity contribution in [2.75, 3.05) is 17.7 Å². The molecule has 2 N–H and O–H groups in total. The van der Waals surface area contributed by atoms with Gasteiger partial charge in [0.05, 0.1) is 23.3 Å². The largest absolute Gasteiger partial charge is 0.462 e. The number of aryl methyl sites for hydroxylation is 1. The fraction of sp³-hybridized carbons (Fsp3) is 0.357. The summed E-state index contributed by atoms with van der Waals surface area (Å²) in [7, 11) is 0. The van der Waals surface area contributed by atoms with Crippen LogP contribution in [-0.2, 0) is 22.4 Å². The predicted molar refractivity (Wildman–Crippen MR) is 156 cm³/mol. The van der Waals surface area contributed by atoms with Gasteiger partial charge in [-0.2, -0.15) is 0 Å². The normalized spacial score (nSPS) is 13.1. The van der Waals surface area contributed by atoms with Crippen LogP contribution < -0.4 is 10.9 Å². The lowest BCUT2D eigenvalue weighted by molar-refractivity contribution is -0.113. The zero-order valence-corrected chi connectivity index (χ0v) is 24.0. The van der Waals surface area contributed by atoms with Gasteiger partial charge in [-0.1, -0.05) is 49.9 Å². The van der Waals surface area contributed by atoms with E-state index in [1.54, 1.807) is 6.92 Å². The molecule has 3 aromatic heterocycles. The van der Waals surface area contributed by atoms with Gasteiger partial charge in [-0.05, 0) is 55.2 Å². The van der Waals surface area contributed by atoms with Crippen LogP contribution in [0.25, 0.3) is 21.3 Å². The van der Waals surface area contributed by atoms with Crippen LogP contribution in [0, 0.1) is 0 Å². The molecule has 5 rings (SSSR count). The topological polar surface area (TPSA) is 101 Å². The van der Waals surface area contributed by atoms with E-state index < -0.39 is 5.97 Å². The Labute approximate surface area is 233 Å². The summed E-state index contributed by atoms with van der Waals surface area (Å²) < 4.78 is 5.27. The Balaban J connectivity index is 1.31. The molecule has 0 saturated heterocycles. The molecular weight excluding hydrogens is 539 g/mol. The molecule has 1 amide bonds. The minimum atomic E-state index is -0.390. The number of carbonyl (C=O) groups is 2. The fourth-order valence-corrected chi connectivity index (χ4v) is 7.59. The molecule has 1 aromatic carbocycles. The van der Waals surface area contributed by atoms with E-state index in [0.29, 0.717) is 31.9 Å². The summed E-state index contributed by atoms with van der Waals surface area (Å²) in [6.45, 7) is 6.35. The van der Waals surface area contributed by atoms with Crippen LogP contribution >= 0.6 is 34.4 Å². The number of anilines is 1. The number of hydrogen-bond donors (Lipinski definition) is 2. The number of benzene rings is 1. The number of aromatic nitrogens is 2. The maximum absolute atomic E-state index is 13.0. The second kappa shape index (κ2) is 11.4. The lowest BCUT2D eigenvalue weighted by Gasteiger charge is -2.12. The molecule has 0 bridgehead atoms. The van der Waals surface area contributed by atoms with Gasteiger partial charge >= 0.3 is 5.97 Å². The van der Waals surface area contributed by atoms with Crippen molar-refractivity contribution in [1.29, 1.82) is 0 Å². The fourth-order valence-electron chi connectivity index (χ4n) is 4.63. The first-order valence-electron chi connectivity index (χ1n) is 12.7. The van der Waals surface area contributed by atoms with E-state index >= 15 is 0 Å². The molecule has 0 fully saturated rings. The van der Waals surface area contributed by atoms with Crippen molar-refractivity contribution in [3.63, 3.8) is 0 Å². The monoisotopic (exact) mass is 567 g/mol. The van der Waals surface area contributed by atoms with E-state index in [9.17, 15) is 14.4 Å². The highest BCUT2D eigenvalue weighted by Crippen LogP contribution is 2.39. The molecule has 198 valence electrons. The van der Waals surface area contributed by atoms with Crippen molar-refractivity contribution in [2.45, 2.75) is 57.5 Å². The van der Waals surface area contributed by atoms with Crippen molar-refractivity contribution < 1.29 is 14.3 Å². The SMILES string of the molecule is CCOC(=O)c1c(NC(=O)CSc2nc3scc(-c4ccc(C(C)C)cc4)c3c(=O)[nH]2)sc2c1CCCC2. The molecule has 7 nitrogen and oxygen atoms in total. The summed E-state index contributed by atoms with van der Waals surface area (Å²) in [6.07, 6.45) is 3.83. The third-order valence-corrected chi connectivity index (χ3v) is 9.51. The number of fused-ring (bicyclic) bond motifs is 2. The van der Waals surface area contributed by atoms with E-state index in [4.69, 9.17) is 4.74 Å². The zero-order chi connectivity index (χ0) is 26.8. The van der Waals surface area contributed by atoms with E-state index in [1.807, 2.05) is 17.5 Å². The maximum atomic E-state index is 13.0. The Hall–Kier alpha value is -2.95. The first-order valence-corrected chi connectivity index (χ1v) is 15.4. The molecule has 0 spiro atoms. The highest BCUT2D eigenvalue weighted by molar-refractivity contribution is 7.99. The third-order valence-electron chi connectivity index (χ3n) is 6.55. The first kappa shape index (κ1) is 26.6. The number of carbonyl (C=O) groups excluding carboxylic acids is 2. The average molecular weight is 568 g/mol. The zero-order valence-electron chi connectivity index (χ0n) is 21.5. The minimum Gasteiger partial charge on any atom is -0.462 e. The van der Waals surface area contributed by atoms with E-state index in [0.717, 1.165) is 59.0 Å². The van der Waals surface area contributed by atoms with Crippen LogP contribution in [0.15, 0.2) is 39.6 Å². The van der Waals surface area contributed by atoms with Crippen molar-refractivity contribution in [1.82, 2.24) is 9.97 Å². The predicted octanol–water partition coefficient (Wildman–Crippen LogP) is 6.62. The standard InChI is InChI=1S/C28H29N3O4S3/c1-4-35-27(34)23-18-7-5-6-8-20(18)38-26(23)29-21(32)14-37-28-30-24(33)22-19(13-36-25(22)31-28)17-11-9-16(10-12-17)15(2)3/h9-13,15H,4-8,14H2,1-3H3,(H,29,32)(H,30,31,33). The number of amides is 1. The number of nitrogens with zero attached hydrogens (tertiary/aromatic N) is 1. The molecule has 0 saturated carbocycles. The van der Waals surface area contributed by atoms with Crippen LogP contribution in [0.4, 0.5) is 5.00 Å². The molecule has 1 aliphatic rings. The number of thioether (sulfide) groups is 1. The number of rotatable bonds is 8. The Kier molecular flexibility index (Phi) is 8.01. The lowest BCUT2D eigenvalue weighted by atomic mass is 9.95. The summed E-state index contributed by atoms with van der Waals surface area (Å²) in [4.78, 5) is 47.7. The van der Waals surface area contributed by atoms with Gasteiger partial charge in [0.2, 0.25) is 5.91 Å². The molecule has 0 unspecified atom stereocenters. The molecule has 3 heterocycles. The Morgan fingerprint density at radius 2 is 1.95 bits per heavy atom. The van der Waals surface area contributed by atoms with Crippen LogP contribution in [0.2, 0.25) is 0 Å². The average Bonchev–Trinajstić information content (AvgIpc) is 3.49. The maximum Gasteiger partial charge on any atom is 0.341 e. The molecule has 0 atom stereocenters. The van der Waals surface area contributed by atoms with Gasteiger partial charge in [-0.15, -0.1) is 22.7 Å². The van der Waals surface area contributed by atoms with Gasteiger partial charge < -0.3 is 15.0 Å². The first-order chi connectivity index (χ1) is 18.4. The molecule has 4 aromatic rings. The quantitative estimate of drug-likeness (QED) is 0.141. The van der Waals surface area contributed by atoms with Gasteiger partial charge in [-0.3, -0.25) is 9.59 Å². The van der Waals surface area contributed by atoms with Gasteiger partial charge in [-0.25, -0.2) is 9.78 Å². The highest BCUT2D eigenvalue weighted by Gasteiger charge is 2.27. The summed E-state index contributed by atoms with van der Waals surface area (Å²) in [6, 6.07) is 8.25. The van der Waals surface area contributed by atoms with Crippen molar-refractivity contribution in [2.24, 2.45) is 0 Å². The molecule has 38 heavy (non-hydrogen) atoms. The number of aromatic amines is 1. The second-order valence-corrected chi connectivity index (χ2v) is 12.4. The van der Waals surface area contributed by atoms with Crippen LogP contribution in [0.1, 0.15) is 65.9 Å². The third kappa shape index (κ3) is 5.43. The van der Waals surface area contributed by atoms with Gasteiger partial charge in [0.1, 0.15) is 9.83 Å². The smallest absolute Gasteiger partial charge is 0.341 e. The Morgan fingerprint density at radius 1 is 1.18 bits per heavy atom. The van der Waals surface area contributed by atoms with Crippen LogP contribution in [-0.4, -0.2) is 34.2 Å². The molecule has 0 aliphatic heterocycles. The summed E-state index contributed by atoms with van der Waals surface area (Å²) >= 11 is 4.04. The van der Waals surface area contributed by atoms with Crippen molar-refractivity contribution in [3.05, 3.63) is 61.6 Å². The lowest BCUT2D eigenvalue weighted by Crippen LogP contribution is -2.17. The second-order valence-electron chi connectivity index (χ2n) is 9.45. The number of thiophene rings is 2. The number of esters is 1. The number of ether oxygens (including phenoxy) is 1. The summed E-state index contributed by atoms with van der Waals surface area (Å²) in [5.74, 6) is -0.168. The van der Waals surface area contributed by atoms with E-state index in [2.05, 4.69) is 41.3 Å². The number of nitrogens with one attached hydrogen (secondary N) is 2. The Bertz CT molecular complexity index is 1550. The number of H-pyrrole nitrogens is 1. The molecular formula is C28H29N3O4S3. The highest BCUT2D eigenvalue weighted by atomic mass is 32.2. The number of hydrogen-bond acceptors (Lipinski definition) is 8. The van der Waals surface area contributed by atoms with Gasteiger partial charge in [0.25, 0.3) is 5.56 Å². The van der Waals surface area contributed by atoms with Gasteiger partial charge in [0, 0.05) is 15.8 Å². The summed E-state index contributed by atoms with van der Waals surface area (Å²) in [5, 5.41) is 6.35. The van der Waals surface area contributed by atoms with Crippen LogP contribution in [0.5, 0.6) is 0 Å². The minimum absolute atomic E-state index is 0.0498. The van der Waals surface area contributed by atoms with Crippen molar-refractivity contribution >= 4 is 61.5 Å². The molecule has 1 aliphatic carbocycles.